The third-order valence-electron chi connectivity index (χ3n) is 3.45. The first-order chi connectivity index (χ1) is 9.16. The molecule has 0 spiro atoms. The molecule has 2 N–H and O–H groups in total. The molecule has 19 heavy (non-hydrogen) atoms. The fourth-order valence-corrected chi connectivity index (χ4v) is 2.13. The van der Waals surface area contributed by atoms with E-state index in [0.29, 0.717) is 5.56 Å². The molecule has 1 aromatic carbocycles. The van der Waals surface area contributed by atoms with E-state index < -0.39 is 0 Å². The van der Waals surface area contributed by atoms with Gasteiger partial charge in [0.1, 0.15) is 0 Å². The third-order valence-corrected chi connectivity index (χ3v) is 3.45. The zero-order valence-electron chi connectivity index (χ0n) is 11.3. The molecule has 1 heterocycles. The number of hydrogen-bond acceptors (Lipinski definition) is 4. The second-order valence-corrected chi connectivity index (χ2v) is 4.79. The van der Waals surface area contributed by atoms with Crippen LogP contribution in [0.3, 0.4) is 0 Å². The van der Waals surface area contributed by atoms with Gasteiger partial charge < -0.3 is 15.4 Å². The van der Waals surface area contributed by atoms with Crippen molar-refractivity contribution in [3.63, 3.8) is 0 Å². The first kappa shape index (κ1) is 13.8. The number of likely N-dealkylation sites (N-methyl/N-ethyl adjacent to an activating group) is 1. The predicted molar refractivity (Wildman–Crippen MR) is 75.5 cm³/mol. The van der Waals surface area contributed by atoms with Gasteiger partial charge >= 0.3 is 0 Å². The lowest BCUT2D eigenvalue weighted by Gasteiger charge is -2.29. The maximum Gasteiger partial charge on any atom is 0.248 e. The highest BCUT2D eigenvalue weighted by Gasteiger charge is 2.11. The van der Waals surface area contributed by atoms with Crippen molar-refractivity contribution in [1.29, 1.82) is 0 Å². The number of hydrogen-bond donors (Lipinski definition) is 1. The van der Waals surface area contributed by atoms with Crippen molar-refractivity contribution in [3.05, 3.63) is 29.8 Å². The van der Waals surface area contributed by atoms with Crippen molar-refractivity contribution in [2.75, 3.05) is 51.3 Å². The lowest BCUT2D eigenvalue weighted by molar-refractivity contribution is 0.0393. The van der Waals surface area contributed by atoms with E-state index in [2.05, 4.69) is 16.8 Å². The molecule has 0 aromatic heterocycles. The van der Waals surface area contributed by atoms with Crippen molar-refractivity contribution >= 4 is 11.6 Å². The molecule has 1 aliphatic rings. The van der Waals surface area contributed by atoms with Gasteiger partial charge in [0.15, 0.2) is 0 Å². The standard InChI is InChI=1S/C14H21N3O2/c1-16(6-7-17-8-10-19-11-9-17)13-4-2-12(3-5-13)14(15)18/h2-5H,6-11H2,1H3,(H2,15,18). The molecule has 0 aliphatic carbocycles. The van der Waals surface area contributed by atoms with Gasteiger partial charge in [-0.15, -0.1) is 0 Å². The number of nitrogens with two attached hydrogens (primary N) is 1. The van der Waals surface area contributed by atoms with Crippen LogP contribution in [0.4, 0.5) is 5.69 Å². The second-order valence-electron chi connectivity index (χ2n) is 4.79. The predicted octanol–water partition coefficient (Wildman–Crippen LogP) is 0.554. The van der Waals surface area contributed by atoms with Crippen LogP contribution >= 0.6 is 0 Å². The summed E-state index contributed by atoms with van der Waals surface area (Å²) in [6.45, 7) is 5.66. The van der Waals surface area contributed by atoms with Crippen LogP contribution in [0.15, 0.2) is 24.3 Å². The van der Waals surface area contributed by atoms with E-state index in [1.807, 2.05) is 12.1 Å². The minimum absolute atomic E-state index is 0.387. The van der Waals surface area contributed by atoms with E-state index in [1.54, 1.807) is 12.1 Å². The summed E-state index contributed by atoms with van der Waals surface area (Å²) in [5, 5.41) is 0. The monoisotopic (exact) mass is 263 g/mol. The number of morpholine rings is 1. The van der Waals surface area contributed by atoms with Crippen molar-refractivity contribution in [1.82, 2.24) is 4.90 Å². The Morgan fingerprint density at radius 1 is 1.32 bits per heavy atom. The van der Waals surface area contributed by atoms with Gasteiger partial charge in [-0.1, -0.05) is 0 Å². The number of anilines is 1. The first-order valence-electron chi connectivity index (χ1n) is 6.58. The molecule has 1 aromatic rings. The number of rotatable bonds is 5. The normalized spacial score (nSPS) is 16.3. The Morgan fingerprint density at radius 2 is 1.95 bits per heavy atom. The van der Waals surface area contributed by atoms with Gasteiger partial charge in [0, 0.05) is 44.5 Å². The van der Waals surface area contributed by atoms with Gasteiger partial charge in [-0.25, -0.2) is 0 Å². The highest BCUT2D eigenvalue weighted by atomic mass is 16.5. The van der Waals surface area contributed by atoms with E-state index >= 15 is 0 Å². The zero-order chi connectivity index (χ0) is 13.7. The Labute approximate surface area is 113 Å². The Morgan fingerprint density at radius 3 is 2.53 bits per heavy atom. The number of amides is 1. The van der Waals surface area contributed by atoms with Gasteiger partial charge in [0.2, 0.25) is 5.91 Å². The summed E-state index contributed by atoms with van der Waals surface area (Å²) in [6, 6.07) is 7.39. The Kier molecular flexibility index (Phi) is 4.76. The van der Waals surface area contributed by atoms with Crippen LogP contribution in [-0.4, -0.2) is 57.2 Å². The van der Waals surface area contributed by atoms with E-state index in [0.717, 1.165) is 45.1 Å². The first-order valence-corrected chi connectivity index (χ1v) is 6.58. The summed E-state index contributed by atoms with van der Waals surface area (Å²) in [6.07, 6.45) is 0. The number of carbonyl (C=O) groups excluding carboxylic acids is 1. The highest BCUT2D eigenvalue weighted by molar-refractivity contribution is 5.93. The average molecular weight is 263 g/mol. The van der Waals surface area contributed by atoms with Crippen LogP contribution in [0.2, 0.25) is 0 Å². The summed E-state index contributed by atoms with van der Waals surface area (Å²) >= 11 is 0. The molecule has 1 aliphatic heterocycles. The molecule has 0 saturated carbocycles. The van der Waals surface area contributed by atoms with Crippen LogP contribution < -0.4 is 10.6 Å². The molecular formula is C14H21N3O2. The molecule has 0 radical (unpaired) electrons. The molecule has 0 atom stereocenters. The largest absolute Gasteiger partial charge is 0.379 e. The summed E-state index contributed by atoms with van der Waals surface area (Å²) in [5.74, 6) is -0.387. The maximum atomic E-state index is 11.0. The molecule has 104 valence electrons. The topological polar surface area (TPSA) is 58.8 Å². The van der Waals surface area contributed by atoms with E-state index in [9.17, 15) is 4.79 Å². The van der Waals surface area contributed by atoms with Gasteiger partial charge in [-0.2, -0.15) is 0 Å². The summed E-state index contributed by atoms with van der Waals surface area (Å²) in [4.78, 5) is 15.6. The Balaban J connectivity index is 1.84. The summed E-state index contributed by atoms with van der Waals surface area (Å²) in [7, 11) is 2.06. The lowest BCUT2D eigenvalue weighted by atomic mass is 10.2. The molecule has 0 unspecified atom stereocenters. The smallest absolute Gasteiger partial charge is 0.248 e. The molecule has 5 nitrogen and oxygen atoms in total. The lowest BCUT2D eigenvalue weighted by Crippen LogP contribution is -2.40. The molecular weight excluding hydrogens is 242 g/mol. The Bertz CT molecular complexity index is 413. The van der Waals surface area contributed by atoms with Gasteiger partial charge in [-0.3, -0.25) is 9.69 Å². The van der Waals surface area contributed by atoms with Gasteiger partial charge in [0.25, 0.3) is 0 Å². The minimum Gasteiger partial charge on any atom is -0.379 e. The minimum atomic E-state index is -0.387. The number of nitrogens with zero attached hydrogens (tertiary/aromatic N) is 2. The van der Waals surface area contributed by atoms with Gasteiger partial charge in [0.05, 0.1) is 13.2 Å². The number of ether oxygens (including phenoxy) is 1. The second kappa shape index (κ2) is 6.54. The van der Waals surface area contributed by atoms with Crippen LogP contribution in [-0.2, 0) is 4.74 Å². The van der Waals surface area contributed by atoms with Crippen molar-refractivity contribution < 1.29 is 9.53 Å². The highest BCUT2D eigenvalue weighted by Crippen LogP contribution is 2.13. The molecule has 2 rings (SSSR count). The maximum absolute atomic E-state index is 11.0. The van der Waals surface area contributed by atoms with Gasteiger partial charge in [-0.05, 0) is 24.3 Å². The van der Waals surface area contributed by atoms with Crippen LogP contribution in [0.5, 0.6) is 0 Å². The molecule has 5 heteroatoms. The number of primary amides is 1. The number of benzene rings is 1. The van der Waals surface area contributed by atoms with Crippen LogP contribution in [0.25, 0.3) is 0 Å². The van der Waals surface area contributed by atoms with E-state index in [-0.39, 0.29) is 5.91 Å². The molecule has 0 bridgehead atoms. The molecule has 1 saturated heterocycles. The van der Waals surface area contributed by atoms with Crippen molar-refractivity contribution in [2.45, 2.75) is 0 Å². The van der Waals surface area contributed by atoms with Crippen LogP contribution in [0, 0.1) is 0 Å². The average Bonchev–Trinajstić information content (AvgIpc) is 2.46. The number of carbonyl (C=O) groups is 1. The quantitative estimate of drug-likeness (QED) is 0.843. The zero-order valence-corrected chi connectivity index (χ0v) is 11.3. The summed E-state index contributed by atoms with van der Waals surface area (Å²) in [5.41, 5.74) is 6.87. The van der Waals surface area contributed by atoms with E-state index in [4.69, 9.17) is 10.5 Å². The fourth-order valence-electron chi connectivity index (χ4n) is 2.13. The van der Waals surface area contributed by atoms with Crippen molar-refractivity contribution in [3.8, 4) is 0 Å². The third kappa shape index (κ3) is 3.94. The summed E-state index contributed by atoms with van der Waals surface area (Å²) < 4.78 is 5.33. The Hall–Kier alpha value is -1.59. The van der Waals surface area contributed by atoms with E-state index in [1.165, 1.54) is 0 Å². The van der Waals surface area contributed by atoms with Crippen LogP contribution in [0.1, 0.15) is 10.4 Å². The fraction of sp³-hybridized carbons (Fsp3) is 0.500. The van der Waals surface area contributed by atoms with Crippen molar-refractivity contribution in [2.24, 2.45) is 5.73 Å². The SMILES string of the molecule is CN(CCN1CCOCC1)c1ccc(C(N)=O)cc1. The molecule has 1 amide bonds. The molecule has 1 fully saturated rings.